The molecule has 0 aromatic heterocycles. The topological polar surface area (TPSA) is 63.3 Å². The minimum atomic E-state index is -0.829. The van der Waals surface area contributed by atoms with E-state index in [1.54, 1.807) is 0 Å². The Labute approximate surface area is 113 Å². The second-order valence-corrected chi connectivity index (χ2v) is 6.00. The first kappa shape index (κ1) is 15.6. The summed E-state index contributed by atoms with van der Waals surface area (Å²) in [7, 11) is 0. The van der Waals surface area contributed by atoms with Gasteiger partial charge in [0, 0.05) is 6.04 Å². The minimum Gasteiger partial charge on any atom is -0.481 e. The van der Waals surface area contributed by atoms with Gasteiger partial charge in [-0.05, 0) is 54.5 Å². The zero-order valence-corrected chi connectivity index (χ0v) is 12.0. The summed E-state index contributed by atoms with van der Waals surface area (Å²) in [5.74, 6) is -1.10. The van der Waals surface area contributed by atoms with Crippen molar-refractivity contribution in [2.45, 2.75) is 46.6 Å². The summed E-state index contributed by atoms with van der Waals surface area (Å²) in [6.07, 6.45) is 0.618. The van der Waals surface area contributed by atoms with E-state index in [9.17, 15) is 9.18 Å². The normalized spacial score (nSPS) is 13.4. The number of carbonyl (C=O) groups is 1. The molecular formula is C15H22FNO2. The third kappa shape index (κ3) is 4.31. The van der Waals surface area contributed by atoms with Crippen LogP contribution < -0.4 is 5.73 Å². The van der Waals surface area contributed by atoms with Crippen molar-refractivity contribution in [3.05, 3.63) is 34.6 Å². The molecule has 0 saturated carbocycles. The van der Waals surface area contributed by atoms with Crippen molar-refractivity contribution in [3.63, 3.8) is 0 Å². The van der Waals surface area contributed by atoms with Gasteiger partial charge in [0.2, 0.25) is 0 Å². The highest BCUT2D eigenvalue weighted by molar-refractivity contribution is 5.67. The molecule has 1 aromatic rings. The lowest BCUT2D eigenvalue weighted by atomic mass is 9.79. The third-order valence-corrected chi connectivity index (χ3v) is 3.33. The fourth-order valence-electron chi connectivity index (χ4n) is 2.69. The molecule has 0 bridgehead atoms. The van der Waals surface area contributed by atoms with E-state index in [2.05, 4.69) is 0 Å². The summed E-state index contributed by atoms with van der Waals surface area (Å²) < 4.78 is 13.3. The number of halogens is 1. The van der Waals surface area contributed by atoms with Gasteiger partial charge in [0.15, 0.2) is 0 Å². The average molecular weight is 267 g/mol. The highest BCUT2D eigenvalue weighted by Gasteiger charge is 2.26. The Morgan fingerprint density at radius 1 is 1.37 bits per heavy atom. The first-order valence-electron chi connectivity index (χ1n) is 6.36. The van der Waals surface area contributed by atoms with Gasteiger partial charge < -0.3 is 10.8 Å². The van der Waals surface area contributed by atoms with E-state index in [0.717, 1.165) is 16.7 Å². The van der Waals surface area contributed by atoms with Crippen molar-refractivity contribution < 1.29 is 14.3 Å². The molecule has 1 rings (SSSR count). The van der Waals surface area contributed by atoms with E-state index < -0.39 is 11.4 Å². The molecule has 0 heterocycles. The van der Waals surface area contributed by atoms with Crippen molar-refractivity contribution in [2.75, 3.05) is 0 Å². The van der Waals surface area contributed by atoms with Crippen LogP contribution in [0, 0.1) is 25.1 Å². The van der Waals surface area contributed by atoms with Crippen LogP contribution in [-0.4, -0.2) is 11.1 Å². The Hall–Kier alpha value is -1.42. The number of benzene rings is 1. The molecule has 1 unspecified atom stereocenters. The number of aryl methyl sites for hydroxylation is 2. The molecule has 0 aliphatic carbocycles. The largest absolute Gasteiger partial charge is 0.481 e. The Bertz CT molecular complexity index is 460. The lowest BCUT2D eigenvalue weighted by Crippen LogP contribution is -2.25. The molecule has 106 valence electrons. The van der Waals surface area contributed by atoms with Crippen molar-refractivity contribution in [3.8, 4) is 0 Å². The quantitative estimate of drug-likeness (QED) is 0.860. The lowest BCUT2D eigenvalue weighted by molar-refractivity contribution is -0.139. The Morgan fingerprint density at radius 3 is 2.26 bits per heavy atom. The number of aliphatic carboxylic acids is 1. The van der Waals surface area contributed by atoms with E-state index in [4.69, 9.17) is 10.8 Å². The number of rotatable bonds is 5. The maximum Gasteiger partial charge on any atom is 0.303 e. The summed E-state index contributed by atoms with van der Waals surface area (Å²) in [5.41, 5.74) is 8.35. The van der Waals surface area contributed by atoms with Crippen molar-refractivity contribution >= 4 is 5.97 Å². The lowest BCUT2D eigenvalue weighted by Gasteiger charge is -2.28. The molecule has 0 spiro atoms. The maximum absolute atomic E-state index is 13.3. The van der Waals surface area contributed by atoms with E-state index >= 15 is 0 Å². The number of carboxylic acids is 1. The summed E-state index contributed by atoms with van der Waals surface area (Å²) in [6, 6.07) is 2.65. The average Bonchev–Trinajstić information content (AvgIpc) is 2.10. The van der Waals surface area contributed by atoms with Gasteiger partial charge in [-0.15, -0.1) is 0 Å². The molecule has 1 aromatic carbocycles. The van der Waals surface area contributed by atoms with Crippen molar-refractivity contribution in [1.82, 2.24) is 0 Å². The summed E-state index contributed by atoms with van der Waals surface area (Å²) in [4.78, 5) is 10.8. The van der Waals surface area contributed by atoms with Gasteiger partial charge >= 0.3 is 5.97 Å². The summed E-state index contributed by atoms with van der Waals surface area (Å²) >= 11 is 0. The van der Waals surface area contributed by atoms with Gasteiger partial charge in [-0.25, -0.2) is 4.39 Å². The number of hydrogen-bond acceptors (Lipinski definition) is 2. The predicted octanol–water partition coefficient (Wildman–Crippen LogP) is 3.33. The SMILES string of the molecule is Cc1cc(F)cc(C)c1C(N)CC(C)(C)CC(=O)O. The van der Waals surface area contributed by atoms with Crippen LogP contribution in [-0.2, 0) is 4.79 Å². The van der Waals surface area contributed by atoms with Crippen LogP contribution in [0.5, 0.6) is 0 Å². The second-order valence-electron chi connectivity index (χ2n) is 6.00. The minimum absolute atomic E-state index is 0.0694. The number of carboxylic acid groups (broad SMARTS) is 1. The monoisotopic (exact) mass is 267 g/mol. The van der Waals surface area contributed by atoms with Crippen LogP contribution in [0.4, 0.5) is 4.39 Å². The van der Waals surface area contributed by atoms with Gasteiger partial charge in [-0.2, -0.15) is 0 Å². The van der Waals surface area contributed by atoms with Crippen LogP contribution in [0.15, 0.2) is 12.1 Å². The molecule has 19 heavy (non-hydrogen) atoms. The van der Waals surface area contributed by atoms with Crippen LogP contribution in [0.3, 0.4) is 0 Å². The fraction of sp³-hybridized carbons (Fsp3) is 0.533. The molecule has 0 radical (unpaired) electrons. The van der Waals surface area contributed by atoms with Crippen molar-refractivity contribution in [2.24, 2.45) is 11.1 Å². The van der Waals surface area contributed by atoms with E-state index in [1.807, 2.05) is 27.7 Å². The fourth-order valence-corrected chi connectivity index (χ4v) is 2.69. The van der Waals surface area contributed by atoms with Crippen LogP contribution >= 0.6 is 0 Å². The Balaban J connectivity index is 2.95. The maximum atomic E-state index is 13.3. The number of hydrogen-bond donors (Lipinski definition) is 2. The van der Waals surface area contributed by atoms with E-state index in [1.165, 1.54) is 12.1 Å². The van der Waals surface area contributed by atoms with Gasteiger partial charge in [0.25, 0.3) is 0 Å². The van der Waals surface area contributed by atoms with E-state index in [-0.39, 0.29) is 18.3 Å². The molecule has 0 aliphatic rings. The summed E-state index contributed by atoms with van der Waals surface area (Å²) in [6.45, 7) is 7.43. The van der Waals surface area contributed by atoms with Gasteiger partial charge in [0.05, 0.1) is 6.42 Å². The standard InChI is InChI=1S/C15H22FNO2/c1-9-5-11(16)6-10(2)14(9)12(17)7-15(3,4)8-13(18)19/h5-6,12H,7-8,17H2,1-4H3,(H,18,19). The van der Waals surface area contributed by atoms with Crippen LogP contribution in [0.1, 0.15) is 49.4 Å². The molecule has 0 amide bonds. The molecule has 0 saturated heterocycles. The molecule has 0 aliphatic heterocycles. The number of nitrogens with two attached hydrogens (primary N) is 1. The highest BCUT2D eigenvalue weighted by Crippen LogP contribution is 2.34. The third-order valence-electron chi connectivity index (χ3n) is 3.33. The van der Waals surface area contributed by atoms with Crippen LogP contribution in [0.25, 0.3) is 0 Å². The predicted molar refractivity (Wildman–Crippen MR) is 73.5 cm³/mol. The second kappa shape index (κ2) is 5.70. The zero-order chi connectivity index (χ0) is 14.8. The van der Waals surface area contributed by atoms with Gasteiger partial charge in [0.1, 0.15) is 5.82 Å². The molecule has 3 nitrogen and oxygen atoms in total. The van der Waals surface area contributed by atoms with Gasteiger partial charge in [-0.3, -0.25) is 4.79 Å². The first-order chi connectivity index (χ1) is 8.62. The van der Waals surface area contributed by atoms with Crippen LogP contribution in [0.2, 0.25) is 0 Å². The molecule has 0 fully saturated rings. The molecule has 4 heteroatoms. The Kier molecular flexibility index (Phi) is 4.69. The first-order valence-corrected chi connectivity index (χ1v) is 6.36. The highest BCUT2D eigenvalue weighted by atomic mass is 19.1. The van der Waals surface area contributed by atoms with Gasteiger partial charge in [-0.1, -0.05) is 13.8 Å². The molecular weight excluding hydrogens is 245 g/mol. The van der Waals surface area contributed by atoms with E-state index in [0.29, 0.717) is 6.42 Å². The summed E-state index contributed by atoms with van der Waals surface area (Å²) in [5, 5.41) is 8.89. The van der Waals surface area contributed by atoms with Crippen molar-refractivity contribution in [1.29, 1.82) is 0 Å². The molecule has 1 atom stereocenters. The smallest absolute Gasteiger partial charge is 0.303 e. The molecule has 3 N–H and O–H groups in total. The Morgan fingerprint density at radius 2 is 1.84 bits per heavy atom. The zero-order valence-electron chi connectivity index (χ0n) is 12.0.